The molecule has 27 heavy (non-hydrogen) atoms. The minimum atomic E-state index is -4.85. The van der Waals surface area contributed by atoms with Gasteiger partial charge in [-0.05, 0) is 30.7 Å². The van der Waals surface area contributed by atoms with E-state index in [0.29, 0.717) is 4.31 Å². The Morgan fingerprint density at radius 3 is 2.22 bits per heavy atom. The van der Waals surface area contributed by atoms with Crippen molar-refractivity contribution in [3.05, 3.63) is 63.0 Å². The van der Waals surface area contributed by atoms with E-state index < -0.39 is 34.3 Å². The molecule has 0 spiro atoms. The van der Waals surface area contributed by atoms with Gasteiger partial charge in [0, 0.05) is 30.4 Å². The van der Waals surface area contributed by atoms with Crippen molar-refractivity contribution in [2.45, 2.75) is 31.0 Å². The molecule has 0 fully saturated rings. The molecule has 2 aromatic rings. The van der Waals surface area contributed by atoms with Crippen LogP contribution in [0.3, 0.4) is 0 Å². The van der Waals surface area contributed by atoms with E-state index in [1.165, 1.54) is 33.0 Å². The number of aryl methyl sites for hydroxylation is 2. The summed E-state index contributed by atoms with van der Waals surface area (Å²) in [4.78, 5) is 11.4. The second-order valence-corrected chi connectivity index (χ2v) is 8.31. The first-order chi connectivity index (χ1) is 12.4. The van der Waals surface area contributed by atoms with Crippen molar-refractivity contribution in [1.29, 1.82) is 0 Å². The molecule has 1 aromatic heterocycles. The summed E-state index contributed by atoms with van der Waals surface area (Å²) < 4.78 is 68.8. The van der Waals surface area contributed by atoms with Crippen molar-refractivity contribution < 1.29 is 21.6 Å². The van der Waals surface area contributed by atoms with Gasteiger partial charge in [-0.3, -0.25) is 4.79 Å². The number of hydrogen-bond donors (Lipinski definition) is 0. The number of sulfonamides is 1. The Balaban J connectivity index is 2.66. The molecule has 0 bridgehead atoms. The van der Waals surface area contributed by atoms with Crippen LogP contribution in [0.2, 0.25) is 5.02 Å². The Morgan fingerprint density at radius 2 is 1.78 bits per heavy atom. The fraction of sp³-hybridized carbons (Fsp3) is 0.353. The predicted octanol–water partition coefficient (Wildman–Crippen LogP) is 3.66. The zero-order valence-electron chi connectivity index (χ0n) is 14.8. The predicted molar refractivity (Wildman–Crippen MR) is 96.2 cm³/mol. The molecule has 5 nitrogen and oxygen atoms in total. The van der Waals surface area contributed by atoms with Crippen LogP contribution in [-0.4, -0.2) is 30.0 Å². The van der Waals surface area contributed by atoms with Crippen LogP contribution in [0.1, 0.15) is 24.1 Å². The van der Waals surface area contributed by atoms with Crippen LogP contribution < -0.4 is 5.56 Å². The molecule has 0 saturated carbocycles. The van der Waals surface area contributed by atoms with Crippen LogP contribution in [0.15, 0.2) is 46.2 Å². The van der Waals surface area contributed by atoms with E-state index in [2.05, 4.69) is 0 Å². The highest BCUT2D eigenvalue weighted by Gasteiger charge is 2.48. The van der Waals surface area contributed by atoms with Gasteiger partial charge in [0.25, 0.3) is 5.56 Å². The average molecular weight is 423 g/mol. The van der Waals surface area contributed by atoms with E-state index in [1.54, 1.807) is 0 Å². The number of rotatable bonds is 5. The molecule has 0 aliphatic heterocycles. The van der Waals surface area contributed by atoms with Gasteiger partial charge < -0.3 is 4.57 Å². The van der Waals surface area contributed by atoms with Crippen molar-refractivity contribution in [2.24, 2.45) is 7.05 Å². The summed E-state index contributed by atoms with van der Waals surface area (Å²) in [5.74, 6) is 0. The van der Waals surface area contributed by atoms with Gasteiger partial charge in [-0.25, -0.2) is 8.42 Å². The van der Waals surface area contributed by atoms with Gasteiger partial charge in [-0.15, -0.1) is 0 Å². The van der Waals surface area contributed by atoms with Gasteiger partial charge in [-0.1, -0.05) is 30.7 Å². The van der Waals surface area contributed by atoms with Gasteiger partial charge in [0.05, 0.1) is 4.90 Å². The molecule has 1 atom stereocenters. The van der Waals surface area contributed by atoms with Crippen LogP contribution in [0.4, 0.5) is 13.2 Å². The van der Waals surface area contributed by atoms with Crippen molar-refractivity contribution >= 4 is 21.6 Å². The number of hydrogen-bond acceptors (Lipinski definition) is 3. The number of alkyl halides is 3. The molecule has 0 aliphatic carbocycles. The molecule has 10 heteroatoms. The molecule has 0 aliphatic rings. The first kappa shape index (κ1) is 21.5. The summed E-state index contributed by atoms with van der Waals surface area (Å²) >= 11 is 5.73. The van der Waals surface area contributed by atoms with Crippen molar-refractivity contribution in [3.63, 3.8) is 0 Å². The number of nitrogens with zero attached hydrogens (tertiary/aromatic N) is 2. The molecule has 1 unspecified atom stereocenters. The molecule has 0 saturated heterocycles. The number of pyridine rings is 1. The summed E-state index contributed by atoms with van der Waals surface area (Å²) in [7, 11) is -3.19. The van der Waals surface area contributed by atoms with Crippen LogP contribution >= 0.6 is 11.6 Å². The fourth-order valence-electron chi connectivity index (χ4n) is 2.77. The van der Waals surface area contributed by atoms with E-state index >= 15 is 0 Å². The zero-order valence-corrected chi connectivity index (χ0v) is 16.4. The molecule has 1 aromatic carbocycles. The highest BCUT2D eigenvalue weighted by Crippen LogP contribution is 2.40. The van der Waals surface area contributed by atoms with Gasteiger partial charge >= 0.3 is 6.18 Å². The van der Waals surface area contributed by atoms with Gasteiger partial charge in [0.15, 0.2) is 0 Å². The Labute approximate surface area is 160 Å². The summed E-state index contributed by atoms with van der Waals surface area (Å²) in [5.41, 5.74) is -0.564. The van der Waals surface area contributed by atoms with Gasteiger partial charge in [0.1, 0.15) is 6.04 Å². The lowest BCUT2D eigenvalue weighted by Gasteiger charge is -2.32. The monoisotopic (exact) mass is 422 g/mol. The van der Waals surface area contributed by atoms with E-state index in [0.717, 1.165) is 29.0 Å². The Bertz CT molecular complexity index is 960. The molecule has 0 amide bonds. The third-order valence-electron chi connectivity index (χ3n) is 4.04. The highest BCUT2D eigenvalue weighted by atomic mass is 35.5. The van der Waals surface area contributed by atoms with Crippen LogP contribution in [-0.2, 0) is 17.1 Å². The minimum Gasteiger partial charge on any atom is -0.317 e. The maximum Gasteiger partial charge on any atom is 0.409 e. The topological polar surface area (TPSA) is 59.4 Å². The molecule has 0 N–H and O–H groups in total. The van der Waals surface area contributed by atoms with E-state index in [1.807, 2.05) is 0 Å². The normalized spacial score (nSPS) is 13.8. The fourth-order valence-corrected chi connectivity index (χ4v) is 4.64. The van der Waals surface area contributed by atoms with Gasteiger partial charge in [0.2, 0.25) is 10.0 Å². The van der Waals surface area contributed by atoms with E-state index in [4.69, 9.17) is 11.6 Å². The summed E-state index contributed by atoms with van der Waals surface area (Å²) in [6.07, 6.45) is -3.84. The lowest BCUT2D eigenvalue weighted by Crippen LogP contribution is -2.42. The van der Waals surface area contributed by atoms with Crippen LogP contribution in [0.5, 0.6) is 0 Å². The second-order valence-electron chi connectivity index (χ2n) is 5.98. The average Bonchev–Trinajstić information content (AvgIpc) is 2.56. The smallest absolute Gasteiger partial charge is 0.317 e. The number of aromatic nitrogens is 1. The quantitative estimate of drug-likeness (QED) is 0.738. The molecule has 1 heterocycles. The minimum absolute atomic E-state index is 0.115. The standard InChI is InChI=1S/C17H18ClF3N2O3S/c1-4-23(15(17(19,20)21)12-5-7-13(18)8-6-12)27(25,26)14-9-11(2)16(24)22(3)10-14/h5-10,15H,4H2,1-3H3. The SMILES string of the molecule is CCN(C(c1ccc(Cl)cc1)C(F)(F)F)S(=O)(=O)c1cc(C)c(=O)n(C)c1. The molecular formula is C17H18ClF3N2O3S. The lowest BCUT2D eigenvalue weighted by molar-refractivity contribution is -0.173. The highest BCUT2D eigenvalue weighted by molar-refractivity contribution is 7.89. The van der Waals surface area contributed by atoms with Crippen molar-refractivity contribution in [1.82, 2.24) is 8.87 Å². The number of benzene rings is 1. The summed E-state index contributed by atoms with van der Waals surface area (Å²) in [6.45, 7) is 2.30. The molecule has 0 radical (unpaired) electrons. The van der Waals surface area contributed by atoms with Crippen LogP contribution in [0.25, 0.3) is 0 Å². The van der Waals surface area contributed by atoms with E-state index in [9.17, 15) is 26.4 Å². The third kappa shape index (κ3) is 4.36. The first-order valence-electron chi connectivity index (χ1n) is 7.91. The summed E-state index contributed by atoms with van der Waals surface area (Å²) in [5, 5.41) is 0.235. The maximum absolute atomic E-state index is 13.8. The zero-order chi connectivity index (χ0) is 20.6. The lowest BCUT2D eigenvalue weighted by atomic mass is 10.1. The second kappa shape index (κ2) is 7.65. The molecular weight excluding hydrogens is 405 g/mol. The largest absolute Gasteiger partial charge is 0.409 e. The van der Waals surface area contributed by atoms with E-state index in [-0.39, 0.29) is 21.0 Å². The van der Waals surface area contributed by atoms with Gasteiger partial charge in [-0.2, -0.15) is 17.5 Å². The Kier molecular flexibility index (Phi) is 6.08. The molecule has 2 rings (SSSR count). The third-order valence-corrected chi connectivity index (χ3v) is 6.20. The van der Waals surface area contributed by atoms with Crippen molar-refractivity contribution in [3.8, 4) is 0 Å². The Morgan fingerprint density at radius 1 is 1.22 bits per heavy atom. The Hall–Kier alpha value is -1.84. The number of halogens is 4. The summed E-state index contributed by atoms with van der Waals surface area (Å²) in [6, 6.07) is 3.52. The first-order valence-corrected chi connectivity index (χ1v) is 9.72. The maximum atomic E-state index is 13.8. The molecule has 148 valence electrons. The van der Waals surface area contributed by atoms with Crippen LogP contribution in [0, 0.1) is 6.92 Å². The van der Waals surface area contributed by atoms with Crippen molar-refractivity contribution in [2.75, 3.05) is 6.54 Å².